The van der Waals surface area contributed by atoms with Gasteiger partial charge in [-0.15, -0.1) is 0 Å². The maximum atomic E-state index is 12.6. The summed E-state index contributed by atoms with van der Waals surface area (Å²) in [6, 6.07) is 0. The Kier molecular flexibility index (Phi) is 3.56. The molecule has 0 amide bonds. The van der Waals surface area contributed by atoms with Crippen LogP contribution in [0.2, 0.25) is 0 Å². The molecule has 17 heavy (non-hydrogen) atoms. The van der Waals surface area contributed by atoms with E-state index < -0.39 is 22.8 Å². The van der Waals surface area contributed by atoms with E-state index in [2.05, 4.69) is 8.76 Å². The molecule has 1 fully saturated rings. The van der Waals surface area contributed by atoms with Crippen LogP contribution in [0.4, 0.5) is 13.2 Å². The maximum absolute atomic E-state index is 12.6. The summed E-state index contributed by atoms with van der Waals surface area (Å²) >= 11 is 0. The van der Waals surface area contributed by atoms with E-state index >= 15 is 0 Å². The summed E-state index contributed by atoms with van der Waals surface area (Å²) in [7, 11) is -0.938. The largest absolute Gasteiger partial charge is 0.434 e. The number of rotatable bonds is 1. The molecule has 1 saturated carbocycles. The summed E-state index contributed by atoms with van der Waals surface area (Å²) in [6.45, 7) is 0. The van der Waals surface area contributed by atoms with Gasteiger partial charge in [-0.25, -0.2) is 4.36 Å². The van der Waals surface area contributed by atoms with E-state index in [1.165, 1.54) is 0 Å². The maximum Gasteiger partial charge on any atom is 0.434 e. The van der Waals surface area contributed by atoms with Crippen LogP contribution in [0.1, 0.15) is 32.1 Å². The van der Waals surface area contributed by atoms with Gasteiger partial charge in [-0.2, -0.15) is 17.6 Å². The Bertz CT molecular complexity index is 392. The Morgan fingerprint density at radius 2 is 1.88 bits per heavy atom. The van der Waals surface area contributed by atoms with Crippen LogP contribution in [0.15, 0.2) is 20.5 Å². The number of hydrogen-bond acceptors (Lipinski definition) is 3. The third kappa shape index (κ3) is 3.08. The van der Waals surface area contributed by atoms with Crippen LogP contribution >= 0.6 is 0 Å². The van der Waals surface area contributed by atoms with Crippen LogP contribution in [0, 0.1) is 0 Å². The van der Waals surface area contributed by atoms with E-state index in [0.29, 0.717) is 0 Å². The summed E-state index contributed by atoms with van der Waals surface area (Å²) in [5.74, 6) is -0.0544. The van der Waals surface area contributed by atoms with Gasteiger partial charge >= 0.3 is 6.18 Å². The zero-order valence-corrected chi connectivity index (χ0v) is 10.0. The number of amidine groups is 1. The lowest BCUT2D eigenvalue weighted by molar-refractivity contribution is -0.0920. The zero-order chi connectivity index (χ0) is 12.5. The summed E-state index contributed by atoms with van der Waals surface area (Å²) in [4.78, 5) is 0. The first-order valence-electron chi connectivity index (χ1n) is 5.55. The molecule has 3 nitrogen and oxygen atoms in total. The molecule has 1 atom stereocenters. The predicted octanol–water partition coefficient (Wildman–Crippen LogP) is 2.85. The topological polar surface area (TPSA) is 50.7 Å². The van der Waals surface area contributed by atoms with Gasteiger partial charge in [0.05, 0.1) is 0 Å². The highest BCUT2D eigenvalue weighted by molar-refractivity contribution is 7.86. The van der Waals surface area contributed by atoms with Crippen molar-refractivity contribution in [1.29, 1.82) is 0 Å². The normalized spacial score (nSPS) is 27.1. The van der Waals surface area contributed by atoms with Crippen molar-refractivity contribution in [1.82, 2.24) is 0 Å². The summed E-state index contributed by atoms with van der Waals surface area (Å²) in [6.07, 6.45) is 1.42. The van der Waals surface area contributed by atoms with Crippen molar-refractivity contribution in [3.05, 3.63) is 11.8 Å². The molecule has 1 aliphatic carbocycles. The molecule has 2 N–H and O–H groups in total. The molecule has 0 aromatic carbocycles. The summed E-state index contributed by atoms with van der Waals surface area (Å²) in [5, 5.41) is 0.133. The average Bonchev–Trinajstić information content (AvgIpc) is 2.28. The quantitative estimate of drug-likeness (QED) is 0.778. The third-order valence-electron chi connectivity index (χ3n) is 2.82. The second-order valence-corrected chi connectivity index (χ2v) is 5.80. The van der Waals surface area contributed by atoms with Crippen molar-refractivity contribution in [2.45, 2.75) is 43.5 Å². The molecule has 0 spiro atoms. The molecule has 0 aromatic heterocycles. The first-order valence-corrected chi connectivity index (χ1v) is 6.75. The lowest BCUT2D eigenvalue weighted by atomic mass is 10.0. The average molecular weight is 265 g/mol. The van der Waals surface area contributed by atoms with Crippen molar-refractivity contribution >= 4 is 16.7 Å². The standard InChI is InChI=1S/C10H14F3N3S/c11-10(12,13)8-6-9(14)16-17(15-8)7-4-2-1-3-5-7/h6-7H,1-5H2,(H2,14,15,16). The number of hydrogen-bond donors (Lipinski definition) is 1. The zero-order valence-electron chi connectivity index (χ0n) is 9.20. The van der Waals surface area contributed by atoms with Crippen LogP contribution in [-0.4, -0.2) is 17.3 Å². The highest BCUT2D eigenvalue weighted by atomic mass is 32.2. The van der Waals surface area contributed by atoms with E-state index in [-0.39, 0.29) is 11.1 Å². The van der Waals surface area contributed by atoms with Crippen LogP contribution in [0.25, 0.3) is 0 Å². The number of allylic oxidation sites excluding steroid dienone is 1. The highest BCUT2D eigenvalue weighted by Crippen LogP contribution is 2.32. The van der Waals surface area contributed by atoms with Crippen molar-refractivity contribution in [2.75, 3.05) is 0 Å². The Morgan fingerprint density at radius 1 is 1.24 bits per heavy atom. The summed E-state index contributed by atoms with van der Waals surface area (Å²) in [5.41, 5.74) is 4.55. The van der Waals surface area contributed by atoms with Crippen molar-refractivity contribution in [3.63, 3.8) is 0 Å². The molecule has 0 radical (unpaired) electrons. The Morgan fingerprint density at radius 3 is 2.47 bits per heavy atom. The van der Waals surface area contributed by atoms with E-state index in [0.717, 1.165) is 38.2 Å². The van der Waals surface area contributed by atoms with E-state index in [4.69, 9.17) is 5.73 Å². The van der Waals surface area contributed by atoms with Gasteiger partial charge in [0.1, 0.15) is 5.84 Å². The van der Waals surface area contributed by atoms with E-state index in [9.17, 15) is 13.2 Å². The molecule has 2 aliphatic rings. The number of nitrogens with two attached hydrogens (primary N) is 1. The van der Waals surface area contributed by atoms with Gasteiger partial charge in [-0.1, -0.05) is 19.3 Å². The second-order valence-electron chi connectivity index (χ2n) is 4.19. The minimum Gasteiger partial charge on any atom is -0.383 e. The molecule has 1 heterocycles. The van der Waals surface area contributed by atoms with Gasteiger partial charge in [-0.05, 0) is 12.8 Å². The van der Waals surface area contributed by atoms with E-state index in [1.807, 2.05) is 0 Å². The van der Waals surface area contributed by atoms with Crippen LogP contribution in [-0.2, 0) is 10.9 Å². The molecule has 0 aromatic rings. The number of nitrogens with zero attached hydrogens (tertiary/aromatic N) is 2. The van der Waals surface area contributed by atoms with Crippen molar-refractivity contribution in [3.8, 4) is 0 Å². The van der Waals surface area contributed by atoms with Crippen molar-refractivity contribution < 1.29 is 13.2 Å². The van der Waals surface area contributed by atoms with Crippen molar-refractivity contribution in [2.24, 2.45) is 14.5 Å². The fourth-order valence-corrected chi connectivity index (χ4v) is 3.70. The lowest BCUT2D eigenvalue weighted by Crippen LogP contribution is -2.25. The Hall–Kier alpha value is -0.850. The van der Waals surface area contributed by atoms with E-state index in [1.54, 1.807) is 0 Å². The lowest BCUT2D eigenvalue weighted by Gasteiger charge is -2.24. The smallest absolute Gasteiger partial charge is 0.383 e. The number of halogens is 3. The SMILES string of the molecule is NC1=NS(C2CCCCC2)=NC(C(F)(F)F)=C1. The van der Waals surface area contributed by atoms with Gasteiger partial charge in [-0.3, -0.25) is 0 Å². The molecular formula is C10H14F3N3S. The molecule has 1 aliphatic heterocycles. The van der Waals surface area contributed by atoms with Gasteiger partial charge in [0.2, 0.25) is 0 Å². The Balaban J connectivity index is 2.23. The fourth-order valence-electron chi connectivity index (χ4n) is 1.98. The third-order valence-corrected chi connectivity index (χ3v) is 4.67. The van der Waals surface area contributed by atoms with Gasteiger partial charge in [0.15, 0.2) is 5.70 Å². The van der Waals surface area contributed by atoms with Crippen LogP contribution in [0.5, 0.6) is 0 Å². The van der Waals surface area contributed by atoms with Crippen LogP contribution in [0.3, 0.4) is 0 Å². The molecule has 96 valence electrons. The minimum atomic E-state index is -4.43. The molecule has 1 unspecified atom stereocenters. The summed E-state index contributed by atoms with van der Waals surface area (Å²) < 4.78 is 45.5. The monoisotopic (exact) mass is 265 g/mol. The minimum absolute atomic E-state index is 0.0544. The molecule has 0 saturated heterocycles. The Labute approximate surface area is 100 Å². The first-order chi connectivity index (χ1) is 7.97. The van der Waals surface area contributed by atoms with Gasteiger partial charge in [0, 0.05) is 22.2 Å². The predicted molar refractivity (Wildman–Crippen MR) is 62.4 cm³/mol. The molecule has 0 bridgehead atoms. The number of alkyl halides is 3. The molecule has 7 heteroatoms. The van der Waals surface area contributed by atoms with Crippen LogP contribution < -0.4 is 5.73 Å². The highest BCUT2D eigenvalue weighted by Gasteiger charge is 2.36. The fraction of sp³-hybridized carbons (Fsp3) is 0.700. The molecule has 2 rings (SSSR count). The van der Waals surface area contributed by atoms with Gasteiger partial charge < -0.3 is 5.73 Å². The molecular weight excluding hydrogens is 251 g/mol. The second kappa shape index (κ2) is 4.80. The first kappa shape index (κ1) is 12.6. The van der Waals surface area contributed by atoms with Gasteiger partial charge in [0.25, 0.3) is 0 Å².